The first-order valence-corrected chi connectivity index (χ1v) is 17.6. The van der Waals surface area contributed by atoms with Gasteiger partial charge in [0.2, 0.25) is 0 Å². The summed E-state index contributed by atoms with van der Waals surface area (Å²) in [5, 5.41) is 0. The van der Waals surface area contributed by atoms with Crippen LogP contribution >= 0.6 is 0 Å². The van der Waals surface area contributed by atoms with Gasteiger partial charge < -0.3 is 77.7 Å². The SMILES string of the molecule is CC.CC.CC.CC.CC.CC.CC.CC.CC.CC.[CH2-]CCC[CH-]CCC[CH2-].[CH2-]CCC[CH-]CCC[CH2-].[CH3-].[CH3-].[CH3-].[CH3-].[CH3-].[Y+3].[Y+3].[Y].[Y].[Y].[Y].[Y].[Y].[Y].[Y].[Y].[Y].[Y].[Y].[Y].[Y].[Y].[Y]. The van der Waals surface area contributed by atoms with Crippen LogP contribution in [-0.4, -0.2) is 0 Å². The molecule has 0 amide bonds. The molecule has 0 spiro atoms. The van der Waals surface area contributed by atoms with Crippen LogP contribution in [0.5, 0.6) is 0 Å². The predicted molar refractivity (Wildman–Crippen MR) is 231 cm³/mol. The topological polar surface area (TPSA) is 0 Å². The van der Waals surface area contributed by atoms with Crippen LogP contribution in [0.1, 0.15) is 216 Å². The van der Waals surface area contributed by atoms with Crippen molar-refractivity contribution in [1.29, 1.82) is 0 Å². The van der Waals surface area contributed by atoms with E-state index in [1.807, 2.05) is 138 Å². The van der Waals surface area contributed by atoms with E-state index in [9.17, 15) is 0 Å². The van der Waals surface area contributed by atoms with Crippen molar-refractivity contribution >= 4 is 0 Å². The summed E-state index contributed by atoms with van der Waals surface area (Å²) < 4.78 is 0. The summed E-state index contributed by atoms with van der Waals surface area (Å²) in [5.74, 6) is 0. The summed E-state index contributed by atoms with van der Waals surface area (Å²) in [4.78, 5) is 0. The molecular formula is C43H109Y18-5. The Morgan fingerprint density at radius 1 is 0.213 bits per heavy atom. The number of hydrogen-bond acceptors (Lipinski definition) is 0. The van der Waals surface area contributed by atoms with E-state index in [1.165, 1.54) is 51.4 Å². The molecule has 0 aromatic rings. The maximum Gasteiger partial charge on any atom is 3.00 e. The van der Waals surface area contributed by atoms with Crippen molar-refractivity contribution in [2.24, 2.45) is 0 Å². The monoisotopic (exact) mass is 2230 g/mol. The summed E-state index contributed by atoms with van der Waals surface area (Å²) in [6, 6.07) is 0. The minimum Gasteiger partial charge on any atom is -0.358 e. The molecule has 0 aromatic carbocycles. The van der Waals surface area contributed by atoms with Crippen LogP contribution in [-0.2, 0) is 589 Å². The summed E-state index contributed by atoms with van der Waals surface area (Å²) in [7, 11) is 0. The van der Waals surface area contributed by atoms with Crippen LogP contribution in [0, 0.1) is 77.7 Å². The smallest absolute Gasteiger partial charge is 0.358 e. The first-order valence-electron chi connectivity index (χ1n) is 17.6. The summed E-state index contributed by atoms with van der Waals surface area (Å²) in [5.41, 5.74) is 0. The maximum atomic E-state index is 3.77. The average Bonchev–Trinajstić information content (AvgIpc) is 3.07. The van der Waals surface area contributed by atoms with Crippen LogP contribution in [0.2, 0.25) is 0 Å². The number of unbranched alkanes of at least 4 members (excludes halogenated alkanes) is 12. The van der Waals surface area contributed by atoms with Gasteiger partial charge in [0.05, 0.1) is 0 Å². The van der Waals surface area contributed by atoms with Gasteiger partial charge in [-0.3, -0.25) is 0 Å². The van der Waals surface area contributed by atoms with Crippen molar-refractivity contribution in [3.63, 3.8) is 0 Å². The molecule has 0 atom stereocenters. The minimum absolute atomic E-state index is 0. The third kappa shape index (κ3) is 477. The fourth-order valence-corrected chi connectivity index (χ4v) is 1.44. The van der Waals surface area contributed by atoms with Crippen molar-refractivity contribution in [1.82, 2.24) is 0 Å². The van der Waals surface area contributed by atoms with Crippen molar-refractivity contribution in [2.75, 3.05) is 0 Å². The second-order valence-electron chi connectivity index (χ2n) is 4.56. The molecular weight excluding hydrogens is 2120 g/mol. The Balaban J connectivity index is -0.00000000376. The molecule has 18 heteroatoms. The third-order valence-corrected chi connectivity index (χ3v) is 2.63. The standard InChI is InChI=1S/2C9H17.10C2H6.5CH3.18Y/c2*1-3-5-7-9-8-6-4-2;10*1-2;;;;;;;;;;;;;;;;;;;;;;;/h2*9H,1-8H2;10*1-2H3;5*1H3;;;;;;;;;;;;;;;;;;/q2*-3;;;;;;;;;;;5*-1;;;;;;;;;;;;;;;;;2*+3. The largest absolute Gasteiger partial charge is 3.00 e. The van der Waals surface area contributed by atoms with Crippen LogP contribution in [0.25, 0.3) is 0 Å². The maximum absolute atomic E-state index is 3.77. The Hall–Kier alpha value is 19.9. The van der Waals surface area contributed by atoms with Crippen molar-refractivity contribution in [3.8, 4) is 0 Å². The molecule has 0 saturated heterocycles. The van der Waals surface area contributed by atoms with Gasteiger partial charge >= 0.3 is 65.4 Å². The molecule has 0 unspecified atom stereocenters. The van der Waals surface area contributed by atoms with Crippen LogP contribution in [0.4, 0.5) is 0 Å². The molecule has 61 heavy (non-hydrogen) atoms. The quantitative estimate of drug-likeness (QED) is 0.135. The van der Waals surface area contributed by atoms with Gasteiger partial charge in [-0.15, -0.1) is 25.7 Å². The van der Waals surface area contributed by atoms with Crippen LogP contribution < -0.4 is 0 Å². The Morgan fingerprint density at radius 2 is 0.279 bits per heavy atom. The van der Waals surface area contributed by atoms with E-state index >= 15 is 0 Å². The van der Waals surface area contributed by atoms with Crippen molar-refractivity contribution in [3.05, 3.63) is 77.7 Å². The van der Waals surface area contributed by atoms with Crippen LogP contribution in [0.15, 0.2) is 0 Å². The molecule has 340 valence electrons. The van der Waals surface area contributed by atoms with Gasteiger partial charge in [0.25, 0.3) is 0 Å². The molecule has 0 nitrogen and oxygen atoms in total. The fourth-order valence-electron chi connectivity index (χ4n) is 1.44. The Labute approximate surface area is 857 Å². The van der Waals surface area contributed by atoms with E-state index in [0.717, 1.165) is 25.7 Å². The normalized spacial score (nSPS) is 3.93. The van der Waals surface area contributed by atoms with Gasteiger partial charge in [-0.1, -0.05) is 138 Å². The molecule has 0 rings (SSSR count). The van der Waals surface area contributed by atoms with Crippen molar-refractivity contribution in [2.45, 2.75) is 216 Å². The van der Waals surface area contributed by atoms with E-state index in [-0.39, 0.29) is 626 Å². The molecule has 0 N–H and O–H groups in total. The Bertz CT molecular complexity index is 134. The molecule has 0 fully saturated rings. The molecule has 0 aromatic heterocycles. The van der Waals surface area contributed by atoms with E-state index in [4.69, 9.17) is 0 Å². The van der Waals surface area contributed by atoms with Gasteiger partial charge in [0.15, 0.2) is 0 Å². The first-order chi connectivity index (χ1) is 18.8. The van der Waals surface area contributed by atoms with Gasteiger partial charge in [-0.2, -0.15) is 51.4 Å². The van der Waals surface area contributed by atoms with Gasteiger partial charge in [0, 0.05) is 523 Å². The molecule has 0 saturated carbocycles. The average molecular weight is 2230 g/mol. The zero-order valence-electron chi connectivity index (χ0n) is 47.9. The van der Waals surface area contributed by atoms with E-state index in [2.05, 4.69) is 40.5 Å². The van der Waals surface area contributed by atoms with Gasteiger partial charge in [0.1, 0.15) is 0 Å². The Kier molecular flexibility index (Phi) is 1740. The summed E-state index contributed by atoms with van der Waals surface area (Å²) >= 11 is 0. The summed E-state index contributed by atoms with van der Waals surface area (Å²) in [6.07, 6.45) is 18.9. The zero-order chi connectivity index (χ0) is 33.9. The Morgan fingerprint density at radius 3 is 0.328 bits per heavy atom. The van der Waals surface area contributed by atoms with E-state index in [0.29, 0.717) is 0 Å². The molecule has 0 aliphatic carbocycles. The number of rotatable bonds is 12. The van der Waals surface area contributed by atoms with Gasteiger partial charge in [-0.25, -0.2) is 0 Å². The third-order valence-electron chi connectivity index (χ3n) is 2.63. The second kappa shape index (κ2) is 433. The number of hydrogen-bond donors (Lipinski definition) is 0. The molecule has 0 bridgehead atoms. The van der Waals surface area contributed by atoms with E-state index in [1.54, 1.807) is 0 Å². The molecule has 16 radical (unpaired) electrons. The molecule has 0 aliphatic heterocycles. The fraction of sp³-hybridized carbons (Fsp3) is 0.744. The van der Waals surface area contributed by atoms with Crippen molar-refractivity contribution < 1.29 is 589 Å². The second-order valence-corrected chi connectivity index (χ2v) is 4.56. The molecule has 0 aliphatic rings. The van der Waals surface area contributed by atoms with Gasteiger partial charge in [-0.05, 0) is 0 Å². The first kappa shape index (κ1) is 245. The summed E-state index contributed by atoms with van der Waals surface area (Å²) in [6.45, 7) is 55.1. The molecule has 0 heterocycles. The zero-order valence-corrected chi connectivity index (χ0v) is 99.0. The minimum atomic E-state index is 0. The predicted octanol–water partition coefficient (Wildman–Crippen LogP) is 18.9. The van der Waals surface area contributed by atoms with Crippen LogP contribution in [0.3, 0.4) is 0 Å². The van der Waals surface area contributed by atoms with E-state index < -0.39 is 0 Å².